The van der Waals surface area contributed by atoms with Gasteiger partial charge < -0.3 is 39.9 Å². The first-order valence-electron chi connectivity index (χ1n) is 22.6. The molecule has 9 rings (SSSR count). The number of H-pyrrole nitrogens is 2. The molecule has 14 nitrogen and oxygen atoms in total. The molecule has 0 bridgehead atoms. The number of ether oxygens (including phenoxy) is 2. The highest BCUT2D eigenvalue weighted by molar-refractivity contribution is 5.91. The van der Waals surface area contributed by atoms with E-state index < -0.39 is 24.3 Å². The van der Waals surface area contributed by atoms with E-state index in [1.165, 1.54) is 14.2 Å². The number of nitrogens with one attached hydrogen (secondary N) is 4. The number of fused-ring (bicyclic) bond motifs is 1. The molecule has 1 aliphatic carbocycles. The number of benzene rings is 4. The Morgan fingerprint density at radius 2 is 1.34 bits per heavy atom. The number of hydrogen-bond acceptors (Lipinski definition) is 8. The van der Waals surface area contributed by atoms with E-state index in [1.807, 2.05) is 66.4 Å². The van der Waals surface area contributed by atoms with Crippen LogP contribution in [0, 0.1) is 17.3 Å². The second kappa shape index (κ2) is 17.9. The zero-order valence-electron chi connectivity index (χ0n) is 37.5. The summed E-state index contributed by atoms with van der Waals surface area (Å²) >= 11 is 0. The van der Waals surface area contributed by atoms with Crippen LogP contribution in [0.15, 0.2) is 103 Å². The van der Waals surface area contributed by atoms with Crippen molar-refractivity contribution >= 4 is 34.8 Å². The maximum absolute atomic E-state index is 14.2. The van der Waals surface area contributed by atoms with E-state index >= 15 is 0 Å². The van der Waals surface area contributed by atoms with Crippen LogP contribution in [0.25, 0.3) is 44.4 Å². The first-order valence-corrected chi connectivity index (χ1v) is 22.6. The maximum Gasteiger partial charge on any atom is 0.407 e. The number of imidazole rings is 2. The maximum atomic E-state index is 14.2. The van der Waals surface area contributed by atoms with Crippen molar-refractivity contribution in [1.82, 2.24) is 40.4 Å². The number of carbonyl (C=O) groups is 4. The smallest absolute Gasteiger partial charge is 0.407 e. The molecule has 2 saturated heterocycles. The van der Waals surface area contributed by atoms with E-state index in [0.717, 1.165) is 88.2 Å². The first-order chi connectivity index (χ1) is 31.5. The molecule has 2 aliphatic heterocycles. The lowest BCUT2D eigenvalue weighted by atomic mass is 9.96. The minimum absolute atomic E-state index is 0.109. The van der Waals surface area contributed by atoms with Crippen molar-refractivity contribution in [3.63, 3.8) is 0 Å². The summed E-state index contributed by atoms with van der Waals surface area (Å²) in [5.74, 6) is 1.26. The van der Waals surface area contributed by atoms with Crippen molar-refractivity contribution in [2.24, 2.45) is 17.3 Å². The predicted molar refractivity (Wildman–Crippen MR) is 247 cm³/mol. The Labute approximate surface area is 378 Å². The highest BCUT2D eigenvalue weighted by Crippen LogP contribution is 2.58. The zero-order chi connectivity index (χ0) is 45.4. The van der Waals surface area contributed by atoms with Crippen molar-refractivity contribution in [3.8, 4) is 33.6 Å². The number of aromatic nitrogens is 4. The molecule has 4 heterocycles. The molecular formula is C51H56N8O6. The van der Waals surface area contributed by atoms with Gasteiger partial charge in [-0.15, -0.1) is 0 Å². The summed E-state index contributed by atoms with van der Waals surface area (Å²) in [5, 5.41) is 7.70. The molecule has 65 heavy (non-hydrogen) atoms. The lowest BCUT2D eigenvalue weighted by molar-refractivity contribution is -0.136. The van der Waals surface area contributed by atoms with Gasteiger partial charge in [-0.25, -0.2) is 19.6 Å². The Bertz CT molecular complexity index is 2710. The molecule has 6 aromatic rings. The van der Waals surface area contributed by atoms with Gasteiger partial charge in [0.2, 0.25) is 5.91 Å². The van der Waals surface area contributed by atoms with Crippen molar-refractivity contribution in [3.05, 3.63) is 121 Å². The van der Waals surface area contributed by atoms with Gasteiger partial charge in [0, 0.05) is 18.7 Å². The molecule has 5 atom stereocenters. The number of aromatic amines is 2. The summed E-state index contributed by atoms with van der Waals surface area (Å²) in [7, 11) is 2.60. The normalized spacial score (nSPS) is 19.6. The number of rotatable bonds is 12. The van der Waals surface area contributed by atoms with Crippen LogP contribution in [-0.4, -0.2) is 87.1 Å². The van der Waals surface area contributed by atoms with E-state index in [9.17, 15) is 19.2 Å². The Kier molecular flexibility index (Phi) is 11.9. The van der Waals surface area contributed by atoms with E-state index in [2.05, 4.69) is 88.2 Å². The molecule has 336 valence electrons. The molecule has 4 aromatic carbocycles. The second-order valence-electron chi connectivity index (χ2n) is 18.2. The first kappa shape index (κ1) is 43.3. The molecule has 3 fully saturated rings. The molecule has 0 radical (unpaired) electrons. The number of alkyl carbamates (subject to hydrolysis) is 2. The van der Waals surface area contributed by atoms with Crippen molar-refractivity contribution in [2.75, 3.05) is 27.3 Å². The van der Waals surface area contributed by atoms with Crippen LogP contribution < -0.4 is 10.6 Å². The van der Waals surface area contributed by atoms with E-state index in [1.54, 1.807) is 0 Å². The third kappa shape index (κ3) is 8.69. The van der Waals surface area contributed by atoms with Gasteiger partial charge in [0.1, 0.15) is 23.7 Å². The quantitative estimate of drug-likeness (QED) is 0.0942. The fraction of sp³-hybridized carbons (Fsp3) is 0.373. The molecule has 14 heteroatoms. The minimum atomic E-state index is -0.892. The lowest BCUT2D eigenvalue weighted by Gasteiger charge is -2.30. The lowest BCUT2D eigenvalue weighted by Crippen LogP contribution is -2.51. The van der Waals surface area contributed by atoms with Crippen molar-refractivity contribution in [2.45, 2.75) is 77.0 Å². The topological polar surface area (TPSA) is 175 Å². The molecule has 1 spiro atoms. The number of hydrogen-bond donors (Lipinski definition) is 4. The summed E-state index contributed by atoms with van der Waals surface area (Å²) in [4.78, 5) is 73.1. The average Bonchev–Trinajstić information content (AvgIpc) is 3.83. The number of likely N-dealkylation sites (tertiary alicyclic amines) is 2. The molecular weight excluding hydrogens is 821 g/mol. The number of amides is 4. The Balaban J connectivity index is 0.897. The van der Waals surface area contributed by atoms with Crippen LogP contribution in [0.3, 0.4) is 0 Å². The highest BCUT2D eigenvalue weighted by atomic mass is 16.5. The Hall–Kier alpha value is -6.96. The minimum Gasteiger partial charge on any atom is -0.453 e. The van der Waals surface area contributed by atoms with Crippen LogP contribution in [0.5, 0.6) is 0 Å². The summed E-state index contributed by atoms with van der Waals surface area (Å²) in [5.41, 5.74) is 6.68. The van der Waals surface area contributed by atoms with Gasteiger partial charge in [0.15, 0.2) is 0 Å². The fourth-order valence-corrected chi connectivity index (χ4v) is 9.85. The van der Waals surface area contributed by atoms with Gasteiger partial charge in [0.25, 0.3) is 5.91 Å². The molecule has 4 N–H and O–H groups in total. The van der Waals surface area contributed by atoms with E-state index in [4.69, 9.17) is 19.4 Å². The van der Waals surface area contributed by atoms with Crippen LogP contribution in [0.1, 0.15) is 88.2 Å². The Morgan fingerprint density at radius 1 is 0.738 bits per heavy atom. The average molecular weight is 877 g/mol. The van der Waals surface area contributed by atoms with Crippen molar-refractivity contribution < 1.29 is 28.7 Å². The number of methoxy groups -OCH3 is 2. The van der Waals surface area contributed by atoms with Crippen molar-refractivity contribution in [1.29, 1.82) is 0 Å². The standard InChI is InChI=1S/C51H56N8O6/c1-6-31-20-23-58(48(61)43(57-50(63)65-5)34-10-8-7-9-11-34)44(31)46-53-27-39(55-46)33-14-12-32(13-15-33)35-16-17-37-25-38(19-18-36(37)24-35)40-28-52-45(54-40)41-26-51(21-22-51)29-59(41)47(60)42(30(2)3)56-49(62)64-4/h7-19,24-25,27-28,30-31,41-44H,6,20-23,26,29H2,1-5H3,(H,52,54)(H,53,55)(H,56,62)(H,57,63)/t31-,41+,42?,43-,44+/m1/s1. The molecule has 1 unspecified atom stereocenters. The van der Waals surface area contributed by atoms with Crippen LogP contribution in [0.2, 0.25) is 0 Å². The summed E-state index contributed by atoms with van der Waals surface area (Å²) in [6.45, 7) is 7.19. The van der Waals surface area contributed by atoms with Crippen LogP contribution in [-0.2, 0) is 19.1 Å². The monoisotopic (exact) mass is 876 g/mol. The SMILES string of the molecule is CC[C@@H]1CCN(C(=O)[C@H](NC(=O)OC)c2ccccc2)[C@@H]1c1ncc(-c2ccc(-c3ccc4cc(-c5cnc([C@@H]6CC7(CC7)CN6C(=O)C(NC(=O)OC)C(C)C)[nH]5)ccc4c3)cc2)[nH]1. The summed E-state index contributed by atoms with van der Waals surface area (Å²) in [6, 6.07) is 28.4. The largest absolute Gasteiger partial charge is 0.453 e. The number of carbonyl (C=O) groups excluding carboxylic acids is 4. The highest BCUT2D eigenvalue weighted by Gasteiger charge is 2.55. The van der Waals surface area contributed by atoms with Crippen LogP contribution >= 0.6 is 0 Å². The van der Waals surface area contributed by atoms with Gasteiger partial charge in [-0.05, 0) is 88.1 Å². The fourth-order valence-electron chi connectivity index (χ4n) is 9.85. The van der Waals surface area contributed by atoms with Gasteiger partial charge in [0.05, 0.1) is 50.1 Å². The summed E-state index contributed by atoms with van der Waals surface area (Å²) < 4.78 is 9.71. The molecule has 4 amide bonds. The second-order valence-corrected chi connectivity index (χ2v) is 18.2. The molecule has 2 aromatic heterocycles. The van der Waals surface area contributed by atoms with Gasteiger partial charge in [-0.1, -0.05) is 106 Å². The van der Waals surface area contributed by atoms with E-state index in [0.29, 0.717) is 18.7 Å². The van der Waals surface area contributed by atoms with Crippen LogP contribution in [0.4, 0.5) is 9.59 Å². The molecule has 1 saturated carbocycles. The summed E-state index contributed by atoms with van der Waals surface area (Å²) in [6.07, 6.45) is 7.11. The van der Waals surface area contributed by atoms with Gasteiger partial charge >= 0.3 is 12.2 Å². The van der Waals surface area contributed by atoms with E-state index in [-0.39, 0.29) is 41.1 Å². The third-order valence-corrected chi connectivity index (χ3v) is 13.8. The molecule has 3 aliphatic rings. The van der Waals surface area contributed by atoms with Gasteiger partial charge in [-0.2, -0.15) is 0 Å². The number of nitrogens with zero attached hydrogens (tertiary/aromatic N) is 4. The van der Waals surface area contributed by atoms with Gasteiger partial charge in [-0.3, -0.25) is 9.59 Å². The third-order valence-electron chi connectivity index (χ3n) is 13.8. The zero-order valence-corrected chi connectivity index (χ0v) is 37.5. The predicted octanol–water partition coefficient (Wildman–Crippen LogP) is 9.12. The Morgan fingerprint density at radius 3 is 2.00 bits per heavy atom.